The van der Waals surface area contributed by atoms with Crippen molar-refractivity contribution < 1.29 is 13.2 Å². The number of rotatable bonds is 7. The Bertz CT molecular complexity index is 1010. The molecule has 7 heteroatoms. The minimum atomic E-state index is -3.49. The predicted molar refractivity (Wildman–Crippen MR) is 124 cm³/mol. The van der Waals surface area contributed by atoms with Gasteiger partial charge in [-0.2, -0.15) is 4.31 Å². The van der Waals surface area contributed by atoms with Gasteiger partial charge in [0.2, 0.25) is 15.9 Å². The van der Waals surface area contributed by atoms with Crippen LogP contribution >= 0.6 is 0 Å². The van der Waals surface area contributed by atoms with E-state index >= 15 is 0 Å². The molecule has 2 aromatic rings. The van der Waals surface area contributed by atoms with Gasteiger partial charge >= 0.3 is 0 Å². The van der Waals surface area contributed by atoms with Crippen LogP contribution in [0.3, 0.4) is 0 Å². The molecule has 1 N–H and O–H groups in total. The first kappa shape index (κ1) is 23.4. The Morgan fingerprint density at radius 1 is 0.968 bits per heavy atom. The van der Waals surface area contributed by atoms with Crippen LogP contribution in [-0.2, 0) is 20.2 Å². The first-order valence-corrected chi connectivity index (χ1v) is 12.1. The van der Waals surface area contributed by atoms with E-state index < -0.39 is 10.0 Å². The molecule has 6 nitrogen and oxygen atoms in total. The molecular formula is C24H33N3O3S. The topological polar surface area (TPSA) is 69.7 Å². The molecule has 0 radical (unpaired) electrons. The third-order valence-corrected chi connectivity index (χ3v) is 7.80. The van der Waals surface area contributed by atoms with E-state index in [2.05, 4.69) is 44.3 Å². The normalized spacial score (nSPS) is 16.3. The molecule has 1 saturated heterocycles. The lowest BCUT2D eigenvalue weighted by atomic mass is 9.84. The molecular weight excluding hydrogens is 410 g/mol. The van der Waals surface area contributed by atoms with Gasteiger partial charge in [-0.05, 0) is 31.5 Å². The molecule has 0 aliphatic carbocycles. The van der Waals surface area contributed by atoms with Gasteiger partial charge in [-0.1, -0.05) is 61.4 Å². The van der Waals surface area contributed by atoms with E-state index in [9.17, 15) is 13.2 Å². The van der Waals surface area contributed by atoms with Gasteiger partial charge in [0, 0.05) is 38.1 Å². The van der Waals surface area contributed by atoms with E-state index in [4.69, 9.17) is 0 Å². The zero-order valence-corrected chi connectivity index (χ0v) is 19.7. The number of hydrogen-bond donors (Lipinski definition) is 1. The SMILES string of the molecule is Cc1ccc(S(=O)(=O)N2CCN(CC(=O)NCC(C)(C)c3cccc(C)c3)CC2)cc1. The summed E-state index contributed by atoms with van der Waals surface area (Å²) in [7, 11) is -3.49. The van der Waals surface area contributed by atoms with E-state index in [1.165, 1.54) is 15.4 Å². The third-order valence-electron chi connectivity index (χ3n) is 5.88. The summed E-state index contributed by atoms with van der Waals surface area (Å²) in [6.45, 7) is 10.9. The van der Waals surface area contributed by atoms with E-state index in [1.807, 2.05) is 30.0 Å². The van der Waals surface area contributed by atoms with Crippen molar-refractivity contribution in [1.82, 2.24) is 14.5 Å². The van der Waals surface area contributed by atoms with E-state index in [0.29, 0.717) is 37.6 Å². The summed E-state index contributed by atoms with van der Waals surface area (Å²) in [5, 5.41) is 3.05. The Morgan fingerprint density at radius 2 is 1.61 bits per heavy atom. The Kier molecular flexibility index (Phi) is 7.19. The third kappa shape index (κ3) is 5.93. The lowest BCUT2D eigenvalue weighted by Gasteiger charge is -2.34. The predicted octanol–water partition coefficient (Wildman–Crippen LogP) is 2.70. The van der Waals surface area contributed by atoms with Crippen LogP contribution in [0.25, 0.3) is 0 Å². The van der Waals surface area contributed by atoms with Gasteiger partial charge in [0.1, 0.15) is 0 Å². The molecule has 2 aromatic carbocycles. The summed E-state index contributed by atoms with van der Waals surface area (Å²) < 4.78 is 27.2. The first-order chi connectivity index (χ1) is 14.6. The van der Waals surface area contributed by atoms with Crippen molar-refractivity contribution in [1.29, 1.82) is 0 Å². The molecule has 0 bridgehead atoms. The summed E-state index contributed by atoms with van der Waals surface area (Å²) in [5.74, 6) is -0.0319. The van der Waals surface area contributed by atoms with Crippen LogP contribution in [0.4, 0.5) is 0 Å². The molecule has 31 heavy (non-hydrogen) atoms. The second-order valence-electron chi connectivity index (χ2n) is 9.02. The highest BCUT2D eigenvalue weighted by Gasteiger charge is 2.29. The molecule has 0 saturated carbocycles. The van der Waals surface area contributed by atoms with Crippen LogP contribution < -0.4 is 5.32 Å². The Balaban J connectivity index is 1.49. The van der Waals surface area contributed by atoms with Crippen LogP contribution in [0.15, 0.2) is 53.4 Å². The number of hydrogen-bond acceptors (Lipinski definition) is 4. The second kappa shape index (κ2) is 9.51. The summed E-state index contributed by atoms with van der Waals surface area (Å²) in [4.78, 5) is 14.8. The minimum Gasteiger partial charge on any atom is -0.354 e. The van der Waals surface area contributed by atoms with Crippen molar-refractivity contribution in [3.05, 3.63) is 65.2 Å². The molecule has 0 atom stereocenters. The van der Waals surface area contributed by atoms with Gasteiger partial charge in [0.05, 0.1) is 11.4 Å². The highest BCUT2D eigenvalue weighted by atomic mass is 32.2. The minimum absolute atomic E-state index is 0.0319. The molecule has 1 aliphatic heterocycles. The number of piperazine rings is 1. The highest BCUT2D eigenvalue weighted by Crippen LogP contribution is 2.23. The van der Waals surface area contributed by atoms with Crippen molar-refractivity contribution in [2.75, 3.05) is 39.3 Å². The molecule has 1 fully saturated rings. The quantitative estimate of drug-likeness (QED) is 0.714. The molecule has 168 valence electrons. The number of amides is 1. The summed E-state index contributed by atoms with van der Waals surface area (Å²) >= 11 is 0. The lowest BCUT2D eigenvalue weighted by Crippen LogP contribution is -2.51. The van der Waals surface area contributed by atoms with E-state index in [1.54, 1.807) is 12.1 Å². The van der Waals surface area contributed by atoms with Crippen LogP contribution in [0.5, 0.6) is 0 Å². The smallest absolute Gasteiger partial charge is 0.243 e. The van der Waals surface area contributed by atoms with E-state index in [-0.39, 0.29) is 17.9 Å². The fraction of sp³-hybridized carbons (Fsp3) is 0.458. The van der Waals surface area contributed by atoms with E-state index in [0.717, 1.165) is 5.56 Å². The Hall–Kier alpha value is -2.22. The van der Waals surface area contributed by atoms with Gasteiger partial charge in [0.25, 0.3) is 0 Å². The molecule has 0 spiro atoms. The zero-order chi connectivity index (χ0) is 22.6. The lowest BCUT2D eigenvalue weighted by molar-refractivity contribution is -0.122. The van der Waals surface area contributed by atoms with Gasteiger partial charge in [-0.15, -0.1) is 0 Å². The van der Waals surface area contributed by atoms with Crippen molar-refractivity contribution >= 4 is 15.9 Å². The number of carbonyl (C=O) groups is 1. The number of carbonyl (C=O) groups excluding carboxylic acids is 1. The zero-order valence-electron chi connectivity index (χ0n) is 18.9. The monoisotopic (exact) mass is 443 g/mol. The Labute approximate surface area is 186 Å². The van der Waals surface area contributed by atoms with Gasteiger partial charge in [-0.25, -0.2) is 8.42 Å². The largest absolute Gasteiger partial charge is 0.354 e. The fourth-order valence-electron chi connectivity index (χ4n) is 3.73. The summed E-state index contributed by atoms with van der Waals surface area (Å²) in [6.07, 6.45) is 0. The van der Waals surface area contributed by atoms with Crippen molar-refractivity contribution in [2.45, 2.75) is 38.0 Å². The summed E-state index contributed by atoms with van der Waals surface area (Å²) in [6, 6.07) is 15.3. The van der Waals surface area contributed by atoms with Gasteiger partial charge in [0.15, 0.2) is 0 Å². The number of sulfonamides is 1. The average Bonchev–Trinajstić information content (AvgIpc) is 2.73. The van der Waals surface area contributed by atoms with Crippen LogP contribution in [0.2, 0.25) is 0 Å². The standard InChI is InChI=1S/C24H33N3O3S/c1-19-8-10-22(11-9-19)31(29,30)27-14-12-26(13-15-27)17-23(28)25-18-24(3,4)21-7-5-6-20(2)16-21/h5-11,16H,12-15,17-18H2,1-4H3,(H,25,28). The molecule has 1 amide bonds. The number of benzene rings is 2. The van der Waals surface area contributed by atoms with Crippen molar-refractivity contribution in [3.63, 3.8) is 0 Å². The van der Waals surface area contributed by atoms with Crippen LogP contribution in [-0.4, -0.2) is 62.8 Å². The van der Waals surface area contributed by atoms with Gasteiger partial charge < -0.3 is 5.32 Å². The van der Waals surface area contributed by atoms with Crippen molar-refractivity contribution in [2.24, 2.45) is 0 Å². The van der Waals surface area contributed by atoms with Gasteiger partial charge in [-0.3, -0.25) is 9.69 Å². The number of nitrogens with zero attached hydrogens (tertiary/aromatic N) is 2. The molecule has 1 aliphatic rings. The first-order valence-electron chi connectivity index (χ1n) is 10.7. The highest BCUT2D eigenvalue weighted by molar-refractivity contribution is 7.89. The average molecular weight is 444 g/mol. The van der Waals surface area contributed by atoms with Crippen molar-refractivity contribution in [3.8, 4) is 0 Å². The number of nitrogens with one attached hydrogen (secondary N) is 1. The molecule has 0 aromatic heterocycles. The molecule has 1 heterocycles. The maximum atomic E-state index is 12.8. The maximum Gasteiger partial charge on any atom is 0.243 e. The Morgan fingerprint density at radius 3 is 2.23 bits per heavy atom. The molecule has 0 unspecified atom stereocenters. The molecule has 3 rings (SSSR count). The maximum absolute atomic E-state index is 12.8. The number of aryl methyl sites for hydroxylation is 2. The summed E-state index contributed by atoms with van der Waals surface area (Å²) in [5.41, 5.74) is 3.26. The van der Waals surface area contributed by atoms with Crippen LogP contribution in [0.1, 0.15) is 30.5 Å². The second-order valence-corrected chi connectivity index (χ2v) is 11.0. The van der Waals surface area contributed by atoms with Crippen LogP contribution in [0, 0.1) is 13.8 Å². The fourth-order valence-corrected chi connectivity index (χ4v) is 5.16.